The zero-order valence-corrected chi connectivity index (χ0v) is 43.0. The van der Waals surface area contributed by atoms with Crippen molar-refractivity contribution in [1.82, 2.24) is 0 Å². The van der Waals surface area contributed by atoms with Crippen molar-refractivity contribution in [3.8, 4) is 115 Å². The van der Waals surface area contributed by atoms with Crippen molar-refractivity contribution < 1.29 is 121 Å². The van der Waals surface area contributed by atoms with Crippen LogP contribution in [0.25, 0.3) is 0 Å². The van der Waals surface area contributed by atoms with E-state index in [1.165, 1.54) is 24.3 Å². The van der Waals surface area contributed by atoms with Crippen LogP contribution in [-0.4, -0.2) is 127 Å². The molecule has 8 aromatic rings. The highest BCUT2D eigenvalue weighted by atomic mass is 16.5. The van der Waals surface area contributed by atoms with Gasteiger partial charge in [-0.3, -0.25) is 0 Å². The number of phenolic OH excluding ortho intramolecular Hbond substituents is 16. The van der Waals surface area contributed by atoms with Gasteiger partial charge in [-0.25, -0.2) is 0 Å². The molecule has 0 saturated heterocycles. The smallest absolute Gasteiger partial charge is 0.157 e. The minimum absolute atomic E-state index is 0.000225. The number of rotatable bonds is 7. The van der Waals surface area contributed by atoms with Gasteiger partial charge in [0.1, 0.15) is 93.4 Å². The topological polar surface area (TPSA) is 442 Å². The number of fused-ring (bicyclic) bond motifs is 4. The number of benzene rings is 8. The lowest BCUT2D eigenvalue weighted by atomic mass is 9.72. The maximum absolute atomic E-state index is 13.0. The molecule has 12 rings (SSSR count). The molecule has 8 aromatic carbocycles. The van der Waals surface area contributed by atoms with Crippen LogP contribution in [-0.2, 0) is 6.42 Å². The molecule has 0 aliphatic carbocycles. The van der Waals surface area contributed by atoms with Crippen LogP contribution in [0.4, 0.5) is 0 Å². The molecule has 4 aliphatic rings. The van der Waals surface area contributed by atoms with Crippen molar-refractivity contribution in [1.29, 1.82) is 0 Å². The lowest BCUT2D eigenvalue weighted by Crippen LogP contribution is -2.39. The first-order valence-electron chi connectivity index (χ1n) is 25.7. The first-order valence-corrected chi connectivity index (χ1v) is 25.7. The molecule has 4 heterocycles. The molecule has 24 heteroatoms. The number of hydrogen-bond acceptors (Lipinski definition) is 24. The third-order valence-corrected chi connectivity index (χ3v) is 16.0. The van der Waals surface area contributed by atoms with E-state index in [4.69, 9.17) is 18.9 Å². The summed E-state index contributed by atoms with van der Waals surface area (Å²) in [5, 5.41) is 229. The minimum Gasteiger partial charge on any atom is -0.508 e. The van der Waals surface area contributed by atoms with Gasteiger partial charge >= 0.3 is 0 Å². The summed E-state index contributed by atoms with van der Waals surface area (Å²) in [6.07, 6.45) is -14.6. The van der Waals surface area contributed by atoms with Gasteiger partial charge in [0.05, 0.1) is 23.9 Å². The molecule has 84 heavy (non-hydrogen) atoms. The van der Waals surface area contributed by atoms with Crippen LogP contribution in [0.3, 0.4) is 0 Å². The van der Waals surface area contributed by atoms with E-state index in [2.05, 4.69) is 0 Å². The van der Waals surface area contributed by atoms with Gasteiger partial charge in [0.2, 0.25) is 0 Å². The number of aromatic hydroxyl groups is 16. The lowest BCUT2D eigenvalue weighted by molar-refractivity contribution is -0.00771. The van der Waals surface area contributed by atoms with Gasteiger partial charge < -0.3 is 121 Å². The van der Waals surface area contributed by atoms with Crippen molar-refractivity contribution >= 4 is 0 Å². The van der Waals surface area contributed by atoms with E-state index in [1.807, 2.05) is 0 Å². The number of hydrogen-bond donors (Lipinski definition) is 20. The average Bonchev–Trinajstić information content (AvgIpc) is 0.873. The van der Waals surface area contributed by atoms with Crippen LogP contribution in [0.1, 0.15) is 103 Å². The summed E-state index contributed by atoms with van der Waals surface area (Å²) in [6, 6.07) is 18.0. The molecular weight excluding hydrogens is 1100 g/mol. The largest absolute Gasteiger partial charge is 0.508 e. The molecule has 4 aliphatic heterocycles. The third-order valence-electron chi connectivity index (χ3n) is 16.0. The summed E-state index contributed by atoms with van der Waals surface area (Å²) in [5.41, 5.74) is -3.26. The highest BCUT2D eigenvalue weighted by Crippen LogP contribution is 2.65. The van der Waals surface area contributed by atoms with Gasteiger partial charge in [-0.05, 0) is 70.8 Å². The van der Waals surface area contributed by atoms with Gasteiger partial charge in [-0.2, -0.15) is 0 Å². The Morgan fingerprint density at radius 1 is 0.286 bits per heavy atom. The molecule has 0 amide bonds. The second-order valence-electron chi connectivity index (χ2n) is 21.0. The maximum Gasteiger partial charge on any atom is 0.157 e. The molecule has 0 spiro atoms. The second-order valence-corrected chi connectivity index (χ2v) is 21.0. The number of phenols is 16. The quantitative estimate of drug-likeness (QED) is 0.0827. The summed E-state index contributed by atoms with van der Waals surface area (Å²) >= 11 is 0. The van der Waals surface area contributed by atoms with E-state index < -0.39 is 204 Å². The fourth-order valence-corrected chi connectivity index (χ4v) is 12.2. The third kappa shape index (κ3) is 8.44. The first kappa shape index (κ1) is 54.2. The van der Waals surface area contributed by atoms with Gasteiger partial charge in [0, 0.05) is 75.7 Å². The summed E-state index contributed by atoms with van der Waals surface area (Å²) in [6.45, 7) is 0. The fourth-order valence-electron chi connectivity index (χ4n) is 12.2. The molecule has 0 aromatic heterocycles. The van der Waals surface area contributed by atoms with Crippen molar-refractivity contribution in [3.63, 3.8) is 0 Å². The predicted octanol–water partition coefficient (Wildman–Crippen LogP) is 5.89. The first-order chi connectivity index (χ1) is 39.9. The van der Waals surface area contributed by atoms with Gasteiger partial charge in [0.25, 0.3) is 0 Å². The lowest BCUT2D eigenvalue weighted by Gasteiger charge is -2.44. The molecule has 24 nitrogen and oxygen atoms in total. The minimum atomic E-state index is -2.15. The van der Waals surface area contributed by atoms with Crippen LogP contribution in [0.2, 0.25) is 0 Å². The Bertz CT molecular complexity index is 4030. The van der Waals surface area contributed by atoms with E-state index in [0.29, 0.717) is 0 Å². The Hall–Kier alpha value is -10.4. The molecule has 0 bridgehead atoms. The molecule has 0 radical (unpaired) electrons. The molecule has 434 valence electrons. The van der Waals surface area contributed by atoms with E-state index in [0.717, 1.165) is 78.9 Å². The number of aliphatic hydroxyl groups is 4. The summed E-state index contributed by atoms with van der Waals surface area (Å²) < 4.78 is 25.4. The second kappa shape index (κ2) is 19.7. The highest BCUT2D eigenvalue weighted by molar-refractivity contribution is 5.73. The monoisotopic (exact) mass is 1150 g/mol. The zero-order valence-electron chi connectivity index (χ0n) is 43.0. The Morgan fingerprint density at radius 3 is 1.02 bits per heavy atom. The number of aliphatic hydroxyl groups excluding tert-OH is 4. The maximum atomic E-state index is 13.0. The van der Waals surface area contributed by atoms with Gasteiger partial charge in [0.15, 0.2) is 64.3 Å². The van der Waals surface area contributed by atoms with Crippen LogP contribution in [0.5, 0.6) is 115 Å². The summed E-state index contributed by atoms with van der Waals surface area (Å²) in [5.74, 6) is -19.0. The van der Waals surface area contributed by atoms with Crippen LogP contribution in [0, 0.1) is 0 Å². The van der Waals surface area contributed by atoms with Crippen molar-refractivity contribution in [3.05, 3.63) is 164 Å². The Kier molecular flexibility index (Phi) is 12.7. The normalized spacial score (nSPS) is 24.0. The SMILES string of the molecule is Oc1cc(O)c2c(c1)O[C@H](c1ccc(O)c(O)c1)[C@H](O)C2c1c(O)cc(O)c2c1O[C@H](c1ccc(O)c(O)c1)[C@H](O)C2c1c(O)cc(O)c2c1O[C@H](c1ccc(O)c(O)c1)[C@H](O)C2c1c(O)cc2c(c1O)C[C@@H](O)[C@@H](c1ccc(O)c(O)c1)O2. The van der Waals surface area contributed by atoms with Crippen LogP contribution >= 0.6 is 0 Å². The van der Waals surface area contributed by atoms with Crippen molar-refractivity contribution in [2.75, 3.05) is 0 Å². The highest BCUT2D eigenvalue weighted by Gasteiger charge is 2.53. The van der Waals surface area contributed by atoms with Gasteiger partial charge in [-0.15, -0.1) is 0 Å². The molecule has 11 atom stereocenters. The predicted molar refractivity (Wildman–Crippen MR) is 285 cm³/mol. The summed E-state index contributed by atoms with van der Waals surface area (Å²) in [4.78, 5) is 0. The molecular formula is C60H50O24. The zero-order chi connectivity index (χ0) is 59.8. The van der Waals surface area contributed by atoms with E-state index in [9.17, 15) is 102 Å². The van der Waals surface area contributed by atoms with E-state index in [1.54, 1.807) is 0 Å². The van der Waals surface area contributed by atoms with E-state index >= 15 is 0 Å². The van der Waals surface area contributed by atoms with Crippen molar-refractivity contribution in [2.24, 2.45) is 0 Å². The summed E-state index contributed by atoms with van der Waals surface area (Å²) in [7, 11) is 0. The average molecular weight is 1160 g/mol. The Morgan fingerprint density at radius 2 is 0.619 bits per heavy atom. The van der Waals surface area contributed by atoms with Crippen molar-refractivity contribution in [2.45, 2.75) is 73.0 Å². The Balaban J connectivity index is 1.11. The van der Waals surface area contributed by atoms with Crippen LogP contribution in [0.15, 0.2) is 103 Å². The fraction of sp³-hybridized carbons (Fsp3) is 0.200. The molecule has 20 N–H and O–H groups in total. The van der Waals surface area contributed by atoms with Crippen LogP contribution < -0.4 is 18.9 Å². The Labute approximate surface area is 472 Å². The number of ether oxygens (including phenoxy) is 4. The molecule has 0 fully saturated rings. The van der Waals surface area contributed by atoms with E-state index in [-0.39, 0.29) is 44.9 Å². The van der Waals surface area contributed by atoms with Gasteiger partial charge in [-0.1, -0.05) is 24.3 Å². The molecule has 3 unspecified atom stereocenters. The molecule has 0 saturated carbocycles. The standard InChI is InChI=1S/C60H50O24/c61-23-13-33(70)42-41(14-23)82-56(20-2-6-26(63)30(67)10-20)52(78)48(42)44-34(71)16-36(73)46-50(54(80)58(84-59(44)46)22-4-8-28(65)32(69)12-22)47-37(74)17-35(72)45-49(53(79)57(83-60(45)47)21-3-7-27(64)31(68)11-21)43-38(75)18-40-24(51(43)77)15-39(76)55(81-40)19-1-5-25(62)29(66)9-19/h1-14,16-18,39,48-50,52-58,61-80H,15H2/t39-,48?,49?,50?,52-,53-,54-,55-,56-,57-,58-/m1/s1.